The molecule has 1 heterocycles. The van der Waals surface area contributed by atoms with Crippen LogP contribution in [0, 0.1) is 0 Å². The zero-order chi connectivity index (χ0) is 10.1. The van der Waals surface area contributed by atoms with E-state index in [-0.39, 0.29) is 11.5 Å². The van der Waals surface area contributed by atoms with Crippen molar-refractivity contribution in [3.63, 3.8) is 0 Å². The highest BCUT2D eigenvalue weighted by Gasteiger charge is 2.39. The lowest BCUT2D eigenvalue weighted by Crippen LogP contribution is -2.50. The zero-order valence-electron chi connectivity index (χ0n) is 7.20. The van der Waals surface area contributed by atoms with E-state index in [2.05, 4.69) is 5.32 Å². The minimum absolute atomic E-state index is 0.0760. The van der Waals surface area contributed by atoms with Crippen LogP contribution in [0.1, 0.15) is 13.3 Å². The van der Waals surface area contributed by atoms with Crippen LogP contribution in [0.5, 0.6) is 0 Å². The average molecular weight is 208 g/mol. The summed E-state index contributed by atoms with van der Waals surface area (Å²) in [5, 5.41) is 10.6. The fourth-order valence-corrected chi connectivity index (χ4v) is 3.50. The van der Waals surface area contributed by atoms with Crippen molar-refractivity contribution in [1.82, 2.24) is 10.8 Å². The molecule has 1 rings (SSSR count). The lowest BCUT2D eigenvalue weighted by Gasteiger charge is -2.22. The summed E-state index contributed by atoms with van der Waals surface area (Å²) in [7, 11) is -3.03. The van der Waals surface area contributed by atoms with E-state index >= 15 is 0 Å². The first kappa shape index (κ1) is 10.3. The summed E-state index contributed by atoms with van der Waals surface area (Å²) in [4.78, 5) is 10.7. The molecule has 1 fully saturated rings. The van der Waals surface area contributed by atoms with Gasteiger partial charge in [0.2, 0.25) is 0 Å². The first-order chi connectivity index (χ1) is 5.87. The van der Waals surface area contributed by atoms with Gasteiger partial charge in [-0.1, -0.05) is 0 Å². The molecule has 0 aromatic carbocycles. The van der Waals surface area contributed by atoms with E-state index < -0.39 is 21.4 Å². The summed E-state index contributed by atoms with van der Waals surface area (Å²) in [5.41, 5.74) is 0.641. The van der Waals surface area contributed by atoms with E-state index in [1.54, 1.807) is 6.92 Å². The summed E-state index contributed by atoms with van der Waals surface area (Å²) in [6, 6.07) is -0.778. The largest absolute Gasteiger partial charge is 0.338 e. The first-order valence-electron chi connectivity index (χ1n) is 3.80. The second kappa shape index (κ2) is 3.15. The van der Waals surface area contributed by atoms with Gasteiger partial charge >= 0.3 is 6.03 Å². The third-order valence-electron chi connectivity index (χ3n) is 2.02. The van der Waals surface area contributed by atoms with Gasteiger partial charge in [-0.2, -0.15) is 0 Å². The Kier molecular flexibility index (Phi) is 2.49. The standard InChI is InChI=1S/C6H12N2O4S/c1-6(7-5(9)8-10)2-3-13(11,12)4-6/h10H,2-4H2,1H3,(H2,7,8,9). The van der Waals surface area contributed by atoms with E-state index in [0.29, 0.717) is 6.42 Å². The molecule has 0 saturated carbocycles. The van der Waals surface area contributed by atoms with Crippen LogP contribution in [0.3, 0.4) is 0 Å². The average Bonchev–Trinajstić information content (AvgIpc) is 2.25. The van der Waals surface area contributed by atoms with Crippen molar-refractivity contribution in [2.24, 2.45) is 0 Å². The van der Waals surface area contributed by atoms with E-state index in [1.165, 1.54) is 5.48 Å². The van der Waals surface area contributed by atoms with Gasteiger partial charge < -0.3 is 5.32 Å². The number of hydroxylamine groups is 1. The minimum atomic E-state index is -3.03. The highest BCUT2D eigenvalue weighted by atomic mass is 32.2. The lowest BCUT2D eigenvalue weighted by molar-refractivity contribution is 0.154. The van der Waals surface area contributed by atoms with Crippen LogP contribution in [-0.4, -0.2) is 36.7 Å². The summed E-state index contributed by atoms with van der Waals surface area (Å²) >= 11 is 0. The van der Waals surface area contributed by atoms with Crippen LogP contribution >= 0.6 is 0 Å². The molecule has 6 nitrogen and oxygen atoms in total. The Hall–Kier alpha value is -0.820. The molecule has 0 aromatic rings. The molecule has 1 aliphatic heterocycles. The maximum atomic E-state index is 11.1. The van der Waals surface area contributed by atoms with Gasteiger partial charge in [-0.3, -0.25) is 5.21 Å². The van der Waals surface area contributed by atoms with Crippen LogP contribution in [0.4, 0.5) is 4.79 Å². The van der Waals surface area contributed by atoms with Crippen molar-refractivity contribution in [3.8, 4) is 0 Å². The van der Waals surface area contributed by atoms with Crippen LogP contribution in [0.15, 0.2) is 0 Å². The molecule has 7 heteroatoms. The van der Waals surface area contributed by atoms with Gasteiger partial charge in [-0.05, 0) is 13.3 Å². The Balaban J connectivity index is 2.65. The van der Waals surface area contributed by atoms with Gasteiger partial charge in [-0.25, -0.2) is 18.7 Å². The minimum Gasteiger partial charge on any atom is -0.330 e. The molecule has 2 amide bonds. The van der Waals surface area contributed by atoms with E-state index in [9.17, 15) is 13.2 Å². The van der Waals surface area contributed by atoms with Gasteiger partial charge in [0.25, 0.3) is 0 Å². The summed E-state index contributed by atoms with van der Waals surface area (Å²) in [6.07, 6.45) is 0.378. The molecule has 1 atom stereocenters. The molecule has 3 N–H and O–H groups in total. The Bertz CT molecular complexity index is 313. The van der Waals surface area contributed by atoms with Gasteiger partial charge in [0.15, 0.2) is 9.84 Å². The van der Waals surface area contributed by atoms with Crippen LogP contribution in [0.2, 0.25) is 0 Å². The molecule has 0 radical (unpaired) electrons. The number of hydrogen-bond acceptors (Lipinski definition) is 4. The Labute approximate surface area is 76.2 Å². The third kappa shape index (κ3) is 2.56. The van der Waals surface area contributed by atoms with Crippen LogP contribution in [0.25, 0.3) is 0 Å². The molecular formula is C6H12N2O4S. The zero-order valence-corrected chi connectivity index (χ0v) is 8.02. The van der Waals surface area contributed by atoms with E-state index in [4.69, 9.17) is 5.21 Å². The van der Waals surface area contributed by atoms with Crippen molar-refractivity contribution in [1.29, 1.82) is 0 Å². The highest BCUT2D eigenvalue weighted by Crippen LogP contribution is 2.22. The summed E-state index contributed by atoms with van der Waals surface area (Å²) < 4.78 is 22.2. The number of carbonyl (C=O) groups excluding carboxylic acids is 1. The van der Waals surface area contributed by atoms with Crippen molar-refractivity contribution < 1.29 is 18.4 Å². The summed E-state index contributed by atoms with van der Waals surface area (Å²) in [5.74, 6) is 0.00261. The molecule has 1 unspecified atom stereocenters. The molecule has 76 valence electrons. The number of carbonyl (C=O) groups is 1. The topological polar surface area (TPSA) is 95.5 Å². The van der Waals surface area contributed by atoms with E-state index in [1.807, 2.05) is 0 Å². The number of sulfone groups is 1. The maximum Gasteiger partial charge on any atom is 0.338 e. The molecule has 0 spiro atoms. The van der Waals surface area contributed by atoms with Crippen LogP contribution < -0.4 is 10.8 Å². The highest BCUT2D eigenvalue weighted by molar-refractivity contribution is 7.91. The Morgan fingerprint density at radius 3 is 2.54 bits per heavy atom. The molecular weight excluding hydrogens is 196 g/mol. The number of rotatable bonds is 1. The van der Waals surface area contributed by atoms with Crippen LogP contribution in [-0.2, 0) is 9.84 Å². The second-order valence-corrected chi connectivity index (χ2v) is 5.65. The number of amides is 2. The third-order valence-corrected chi connectivity index (χ3v) is 3.92. The fraction of sp³-hybridized carbons (Fsp3) is 0.833. The molecule has 0 aromatic heterocycles. The Morgan fingerprint density at radius 1 is 1.54 bits per heavy atom. The number of nitrogens with one attached hydrogen (secondary N) is 2. The van der Waals surface area contributed by atoms with Crippen molar-refractivity contribution in [3.05, 3.63) is 0 Å². The SMILES string of the molecule is CC1(NC(=O)NO)CCS(=O)(=O)C1. The van der Waals surface area contributed by atoms with Gasteiger partial charge in [0, 0.05) is 0 Å². The smallest absolute Gasteiger partial charge is 0.330 e. The van der Waals surface area contributed by atoms with Crippen molar-refractivity contribution in [2.75, 3.05) is 11.5 Å². The molecule has 0 bridgehead atoms. The quantitative estimate of drug-likeness (QED) is 0.390. The van der Waals surface area contributed by atoms with E-state index in [0.717, 1.165) is 0 Å². The molecule has 1 aliphatic rings. The Morgan fingerprint density at radius 2 is 2.15 bits per heavy atom. The normalized spacial score (nSPS) is 31.2. The van der Waals surface area contributed by atoms with Gasteiger partial charge in [0.1, 0.15) is 0 Å². The molecule has 1 saturated heterocycles. The predicted molar refractivity (Wildman–Crippen MR) is 45.1 cm³/mol. The second-order valence-electron chi connectivity index (χ2n) is 3.47. The first-order valence-corrected chi connectivity index (χ1v) is 5.62. The molecule has 13 heavy (non-hydrogen) atoms. The monoisotopic (exact) mass is 208 g/mol. The maximum absolute atomic E-state index is 11.1. The fourth-order valence-electron chi connectivity index (χ4n) is 1.41. The van der Waals surface area contributed by atoms with Gasteiger partial charge in [0.05, 0.1) is 17.0 Å². The molecule has 0 aliphatic carbocycles. The summed E-state index contributed by atoms with van der Waals surface area (Å²) in [6.45, 7) is 1.63. The van der Waals surface area contributed by atoms with Gasteiger partial charge in [-0.15, -0.1) is 0 Å². The predicted octanol–water partition coefficient (Wildman–Crippen LogP) is -0.748. The van der Waals surface area contributed by atoms with Crippen molar-refractivity contribution >= 4 is 15.9 Å². The lowest BCUT2D eigenvalue weighted by atomic mass is 10.0. The number of hydrogen-bond donors (Lipinski definition) is 3. The number of urea groups is 1. The van der Waals surface area contributed by atoms with Crippen molar-refractivity contribution in [2.45, 2.75) is 18.9 Å².